The van der Waals surface area contributed by atoms with Gasteiger partial charge in [-0.2, -0.15) is 0 Å². The van der Waals surface area contributed by atoms with E-state index in [1.165, 1.54) is 39.0 Å². The number of hydrogen-bond donors (Lipinski definition) is 1. The lowest BCUT2D eigenvalue weighted by atomic mass is 9.86. The second kappa shape index (κ2) is 7.61. The molecule has 1 saturated heterocycles. The van der Waals surface area contributed by atoms with Crippen molar-refractivity contribution in [3.8, 4) is 0 Å². The lowest BCUT2D eigenvalue weighted by Gasteiger charge is -2.43. The zero-order valence-corrected chi connectivity index (χ0v) is 14.0. The molecule has 1 N–H and O–H groups in total. The minimum atomic E-state index is 0.334. The molecular weight excluding hydrogens is 234 g/mol. The molecule has 2 atom stereocenters. The number of hydrogen-bond acceptors (Lipinski definition) is 3. The Labute approximate surface area is 120 Å². The lowest BCUT2D eigenvalue weighted by Crippen LogP contribution is -2.56. The first kappa shape index (κ1) is 16.9. The summed E-state index contributed by atoms with van der Waals surface area (Å²) in [4.78, 5) is 5.18. The smallest absolute Gasteiger partial charge is 0.0243 e. The van der Waals surface area contributed by atoms with Gasteiger partial charge in [0.05, 0.1) is 0 Å². The van der Waals surface area contributed by atoms with Crippen LogP contribution in [0.1, 0.15) is 47.5 Å². The molecular formula is C16H35N3. The maximum atomic E-state index is 3.75. The quantitative estimate of drug-likeness (QED) is 0.799. The van der Waals surface area contributed by atoms with Crippen molar-refractivity contribution < 1.29 is 0 Å². The third-order valence-corrected chi connectivity index (χ3v) is 4.46. The molecule has 1 heterocycles. The highest BCUT2D eigenvalue weighted by Gasteiger charge is 2.29. The Morgan fingerprint density at radius 2 is 1.89 bits per heavy atom. The van der Waals surface area contributed by atoms with Crippen LogP contribution in [0.5, 0.6) is 0 Å². The van der Waals surface area contributed by atoms with Gasteiger partial charge in [-0.05, 0) is 31.8 Å². The summed E-state index contributed by atoms with van der Waals surface area (Å²) in [5.41, 5.74) is 0.334. The van der Waals surface area contributed by atoms with E-state index in [9.17, 15) is 0 Å². The minimum absolute atomic E-state index is 0.334. The van der Waals surface area contributed by atoms with Gasteiger partial charge in [-0.3, -0.25) is 4.90 Å². The zero-order chi connectivity index (χ0) is 14.5. The molecule has 0 bridgehead atoms. The number of likely N-dealkylation sites (N-methyl/N-ethyl adjacent to an activating group) is 1. The average Bonchev–Trinajstić information content (AvgIpc) is 2.35. The maximum Gasteiger partial charge on any atom is 0.0243 e. The molecule has 3 nitrogen and oxygen atoms in total. The fourth-order valence-corrected chi connectivity index (χ4v) is 2.84. The summed E-state index contributed by atoms with van der Waals surface area (Å²) in [6.07, 6.45) is 2.47. The number of nitrogens with one attached hydrogen (secondary N) is 1. The second-order valence-electron chi connectivity index (χ2n) is 7.17. The Morgan fingerprint density at radius 3 is 2.42 bits per heavy atom. The number of nitrogens with zero attached hydrogens (tertiary/aromatic N) is 2. The van der Waals surface area contributed by atoms with Crippen molar-refractivity contribution in [2.75, 3.05) is 39.8 Å². The van der Waals surface area contributed by atoms with Gasteiger partial charge in [0.1, 0.15) is 0 Å². The average molecular weight is 269 g/mol. The first-order chi connectivity index (χ1) is 8.88. The Hall–Kier alpha value is -0.120. The van der Waals surface area contributed by atoms with Gasteiger partial charge in [0.2, 0.25) is 0 Å². The van der Waals surface area contributed by atoms with Crippen molar-refractivity contribution in [3.63, 3.8) is 0 Å². The molecule has 0 amide bonds. The van der Waals surface area contributed by atoms with Crippen molar-refractivity contribution >= 4 is 0 Å². The lowest BCUT2D eigenvalue weighted by molar-refractivity contribution is 0.0720. The topological polar surface area (TPSA) is 18.5 Å². The predicted molar refractivity (Wildman–Crippen MR) is 84.7 cm³/mol. The van der Waals surface area contributed by atoms with Gasteiger partial charge in [-0.15, -0.1) is 0 Å². The molecule has 1 fully saturated rings. The fourth-order valence-electron chi connectivity index (χ4n) is 2.84. The molecule has 0 aromatic rings. The summed E-state index contributed by atoms with van der Waals surface area (Å²) in [5, 5.41) is 3.75. The molecule has 1 rings (SSSR count). The van der Waals surface area contributed by atoms with E-state index in [2.05, 4.69) is 56.8 Å². The highest BCUT2D eigenvalue weighted by atomic mass is 15.3. The van der Waals surface area contributed by atoms with E-state index in [-0.39, 0.29) is 0 Å². The van der Waals surface area contributed by atoms with Crippen LogP contribution in [0, 0.1) is 5.41 Å². The number of rotatable bonds is 6. The molecule has 3 heteroatoms. The molecule has 1 aliphatic heterocycles. The fraction of sp³-hybridized carbons (Fsp3) is 1.00. The monoisotopic (exact) mass is 269 g/mol. The van der Waals surface area contributed by atoms with E-state index < -0.39 is 0 Å². The van der Waals surface area contributed by atoms with Crippen LogP contribution < -0.4 is 5.32 Å². The van der Waals surface area contributed by atoms with E-state index in [1.807, 2.05) is 0 Å². The van der Waals surface area contributed by atoms with E-state index in [0.29, 0.717) is 11.5 Å². The zero-order valence-electron chi connectivity index (χ0n) is 14.0. The van der Waals surface area contributed by atoms with Gasteiger partial charge in [0.25, 0.3) is 0 Å². The molecule has 0 spiro atoms. The van der Waals surface area contributed by atoms with Gasteiger partial charge in [-0.25, -0.2) is 0 Å². The van der Waals surface area contributed by atoms with Crippen molar-refractivity contribution in [2.24, 2.45) is 5.41 Å². The Balaban J connectivity index is 2.54. The van der Waals surface area contributed by atoms with Crippen LogP contribution in [0.2, 0.25) is 0 Å². The van der Waals surface area contributed by atoms with E-state index >= 15 is 0 Å². The van der Waals surface area contributed by atoms with E-state index in [1.54, 1.807) is 0 Å². The van der Waals surface area contributed by atoms with Gasteiger partial charge in [-0.1, -0.05) is 34.6 Å². The van der Waals surface area contributed by atoms with Gasteiger partial charge in [0.15, 0.2) is 0 Å². The summed E-state index contributed by atoms with van der Waals surface area (Å²) < 4.78 is 0. The second-order valence-corrected chi connectivity index (χ2v) is 7.17. The Morgan fingerprint density at radius 1 is 1.21 bits per heavy atom. The molecule has 0 aromatic carbocycles. The molecule has 114 valence electrons. The normalized spacial score (nSPS) is 24.6. The van der Waals surface area contributed by atoms with Crippen LogP contribution in [-0.2, 0) is 0 Å². The molecule has 0 aliphatic carbocycles. The highest BCUT2D eigenvalue weighted by molar-refractivity contribution is 4.87. The summed E-state index contributed by atoms with van der Waals surface area (Å²) in [5.74, 6) is 0. The maximum absolute atomic E-state index is 3.75. The van der Waals surface area contributed by atoms with Gasteiger partial charge >= 0.3 is 0 Å². The van der Waals surface area contributed by atoms with Crippen LogP contribution in [-0.4, -0.2) is 61.7 Å². The van der Waals surface area contributed by atoms with Gasteiger partial charge in [0, 0.05) is 38.3 Å². The SMILES string of the molecule is CCCNC(CN1CCN(C)C(CC)C1)C(C)(C)C. The Bertz CT molecular complexity index is 247. The van der Waals surface area contributed by atoms with Crippen molar-refractivity contribution in [3.05, 3.63) is 0 Å². The molecule has 0 saturated carbocycles. The molecule has 0 aromatic heterocycles. The summed E-state index contributed by atoms with van der Waals surface area (Å²) in [6.45, 7) is 17.6. The Kier molecular flexibility index (Phi) is 6.78. The van der Waals surface area contributed by atoms with E-state index in [4.69, 9.17) is 0 Å². The molecule has 1 aliphatic rings. The molecule has 2 unspecified atom stereocenters. The third-order valence-electron chi connectivity index (χ3n) is 4.46. The van der Waals surface area contributed by atoms with Crippen LogP contribution in [0.25, 0.3) is 0 Å². The summed E-state index contributed by atoms with van der Waals surface area (Å²) >= 11 is 0. The van der Waals surface area contributed by atoms with Crippen molar-refractivity contribution in [2.45, 2.75) is 59.5 Å². The first-order valence-corrected chi connectivity index (χ1v) is 8.04. The van der Waals surface area contributed by atoms with Crippen molar-refractivity contribution in [1.82, 2.24) is 15.1 Å². The minimum Gasteiger partial charge on any atom is -0.312 e. The van der Waals surface area contributed by atoms with Gasteiger partial charge < -0.3 is 10.2 Å². The largest absolute Gasteiger partial charge is 0.312 e. The molecule has 0 radical (unpaired) electrons. The molecule has 19 heavy (non-hydrogen) atoms. The standard InChI is InChI=1S/C16H35N3/c1-7-9-17-15(16(3,4)5)13-19-11-10-18(6)14(8-2)12-19/h14-15,17H,7-13H2,1-6H3. The third kappa shape index (κ3) is 5.41. The van der Waals surface area contributed by atoms with Crippen LogP contribution in [0.4, 0.5) is 0 Å². The first-order valence-electron chi connectivity index (χ1n) is 8.04. The highest BCUT2D eigenvalue weighted by Crippen LogP contribution is 2.21. The predicted octanol–water partition coefficient (Wildman–Crippen LogP) is 2.43. The van der Waals surface area contributed by atoms with Crippen molar-refractivity contribution in [1.29, 1.82) is 0 Å². The number of piperazine rings is 1. The van der Waals surface area contributed by atoms with E-state index in [0.717, 1.165) is 12.6 Å². The van der Waals surface area contributed by atoms with Crippen LogP contribution >= 0.6 is 0 Å². The summed E-state index contributed by atoms with van der Waals surface area (Å²) in [7, 11) is 2.27. The summed E-state index contributed by atoms with van der Waals surface area (Å²) in [6, 6.07) is 1.33. The van der Waals surface area contributed by atoms with Crippen LogP contribution in [0.15, 0.2) is 0 Å². The van der Waals surface area contributed by atoms with Crippen LogP contribution in [0.3, 0.4) is 0 Å².